The van der Waals surface area contributed by atoms with Crippen LogP contribution in [-0.4, -0.2) is 11.5 Å². The van der Waals surface area contributed by atoms with Crippen LogP contribution < -0.4 is 0 Å². The molecule has 0 spiro atoms. The van der Waals surface area contributed by atoms with E-state index in [-0.39, 0.29) is 0 Å². The van der Waals surface area contributed by atoms with E-state index in [4.69, 9.17) is 5.53 Å². The summed E-state index contributed by atoms with van der Waals surface area (Å²) in [5.41, 5.74) is 10.2. The van der Waals surface area contributed by atoms with Crippen LogP contribution in [0.15, 0.2) is 41.0 Å². The van der Waals surface area contributed by atoms with E-state index in [1.165, 1.54) is 0 Å². The van der Waals surface area contributed by atoms with Crippen LogP contribution in [0.3, 0.4) is 0 Å². The third-order valence-electron chi connectivity index (χ3n) is 2.20. The van der Waals surface area contributed by atoms with Crippen LogP contribution in [0, 0.1) is 11.8 Å². The lowest BCUT2D eigenvalue weighted by Gasteiger charge is -1.95. The smallest absolute Gasteiger partial charge is 0.123 e. The number of aromatic nitrogens is 1. The molecule has 0 aliphatic carbocycles. The molecule has 0 atom stereocenters. The quantitative estimate of drug-likeness (QED) is 0.270. The molecule has 2 aromatic rings. The van der Waals surface area contributed by atoms with Crippen LogP contribution >= 0.6 is 11.3 Å². The Kier molecular flexibility index (Phi) is 4.37. The summed E-state index contributed by atoms with van der Waals surface area (Å²) in [5, 5.41) is 6.39. The second-order valence-corrected chi connectivity index (χ2v) is 4.32. The molecule has 0 radical (unpaired) electrons. The molecule has 0 aliphatic rings. The van der Waals surface area contributed by atoms with Crippen LogP contribution in [-0.2, 0) is 0 Å². The highest BCUT2D eigenvalue weighted by Crippen LogP contribution is 2.21. The highest BCUT2D eigenvalue weighted by molar-refractivity contribution is 7.13. The first-order chi connectivity index (χ1) is 8.90. The highest BCUT2D eigenvalue weighted by atomic mass is 32.1. The predicted molar refractivity (Wildman–Crippen MR) is 73.1 cm³/mol. The van der Waals surface area contributed by atoms with Gasteiger partial charge in [0, 0.05) is 40.6 Å². The van der Waals surface area contributed by atoms with Gasteiger partial charge >= 0.3 is 0 Å². The average Bonchev–Trinajstić information content (AvgIpc) is 2.93. The number of benzene rings is 1. The summed E-state index contributed by atoms with van der Waals surface area (Å²) in [6.45, 7) is 0.417. The molecule has 1 heterocycles. The number of hydrogen-bond donors (Lipinski definition) is 0. The molecular weight excluding hydrogens is 244 g/mol. The lowest BCUT2D eigenvalue weighted by atomic mass is 10.1. The molecule has 0 amide bonds. The molecule has 4 nitrogen and oxygen atoms in total. The first kappa shape index (κ1) is 12.2. The van der Waals surface area contributed by atoms with Gasteiger partial charge in [-0.3, -0.25) is 0 Å². The molecule has 0 aliphatic heterocycles. The van der Waals surface area contributed by atoms with E-state index in [2.05, 4.69) is 26.9 Å². The summed E-state index contributed by atoms with van der Waals surface area (Å²) >= 11 is 1.62. The van der Waals surface area contributed by atoms with Crippen LogP contribution in [0.1, 0.15) is 12.0 Å². The van der Waals surface area contributed by atoms with Crippen LogP contribution in [0.5, 0.6) is 0 Å². The normalized spacial score (nSPS) is 9.11. The Bertz CT molecular complexity index is 599. The predicted octanol–water partition coefficient (Wildman–Crippen LogP) is 3.86. The van der Waals surface area contributed by atoms with Gasteiger partial charge in [0.25, 0.3) is 0 Å². The maximum Gasteiger partial charge on any atom is 0.123 e. The van der Waals surface area contributed by atoms with Crippen molar-refractivity contribution in [2.45, 2.75) is 6.42 Å². The average molecular weight is 254 g/mol. The Balaban J connectivity index is 2.02. The minimum atomic E-state index is 0.417. The summed E-state index contributed by atoms with van der Waals surface area (Å²) in [7, 11) is 0. The number of rotatable bonds is 3. The monoisotopic (exact) mass is 254 g/mol. The van der Waals surface area contributed by atoms with Crippen molar-refractivity contribution in [1.82, 2.24) is 4.98 Å². The van der Waals surface area contributed by atoms with Crippen molar-refractivity contribution in [3.63, 3.8) is 0 Å². The van der Waals surface area contributed by atoms with E-state index in [0.717, 1.165) is 16.1 Å². The van der Waals surface area contributed by atoms with Gasteiger partial charge in [0.15, 0.2) is 0 Å². The Hall–Kier alpha value is -2.28. The van der Waals surface area contributed by atoms with E-state index in [1.807, 2.05) is 29.6 Å². The number of azide groups is 1. The second-order valence-electron chi connectivity index (χ2n) is 3.42. The van der Waals surface area contributed by atoms with Crippen molar-refractivity contribution in [3.8, 4) is 22.4 Å². The molecular formula is C13H10N4S. The Morgan fingerprint density at radius 2 is 2.17 bits per heavy atom. The number of thiazole rings is 1. The maximum atomic E-state index is 8.11. The minimum Gasteiger partial charge on any atom is -0.245 e. The standard InChI is InChI=1S/C13H10N4S/c14-17-16-8-2-1-3-11-4-6-12(7-5-11)13-15-9-10-18-13/h4-7,9-10H,2,8H2. The summed E-state index contributed by atoms with van der Waals surface area (Å²) in [6.07, 6.45) is 2.38. The summed E-state index contributed by atoms with van der Waals surface area (Å²) < 4.78 is 0. The molecule has 0 bridgehead atoms. The Labute approximate surface area is 109 Å². The molecule has 18 heavy (non-hydrogen) atoms. The maximum absolute atomic E-state index is 8.11. The van der Waals surface area contributed by atoms with Crippen molar-refractivity contribution in [3.05, 3.63) is 51.8 Å². The van der Waals surface area contributed by atoms with Crippen molar-refractivity contribution in [1.29, 1.82) is 0 Å². The molecule has 0 saturated heterocycles. The summed E-state index contributed by atoms with van der Waals surface area (Å²) in [4.78, 5) is 6.92. The molecule has 0 unspecified atom stereocenters. The summed E-state index contributed by atoms with van der Waals surface area (Å²) in [5.74, 6) is 5.99. The van der Waals surface area contributed by atoms with E-state index in [9.17, 15) is 0 Å². The lowest BCUT2D eigenvalue weighted by Crippen LogP contribution is -1.78. The molecule has 0 fully saturated rings. The third-order valence-corrected chi connectivity index (χ3v) is 3.02. The van der Waals surface area contributed by atoms with Crippen LogP contribution in [0.4, 0.5) is 0 Å². The first-order valence-corrected chi connectivity index (χ1v) is 6.28. The zero-order valence-electron chi connectivity index (χ0n) is 9.58. The molecule has 0 N–H and O–H groups in total. The van der Waals surface area contributed by atoms with Crippen molar-refractivity contribution in [2.75, 3.05) is 6.54 Å². The van der Waals surface area contributed by atoms with Crippen LogP contribution in [0.25, 0.3) is 21.0 Å². The zero-order chi connectivity index (χ0) is 12.6. The van der Waals surface area contributed by atoms with Gasteiger partial charge in [-0.25, -0.2) is 4.98 Å². The van der Waals surface area contributed by atoms with E-state index in [0.29, 0.717) is 13.0 Å². The van der Waals surface area contributed by atoms with Gasteiger partial charge in [-0.1, -0.05) is 29.1 Å². The van der Waals surface area contributed by atoms with Gasteiger partial charge < -0.3 is 0 Å². The van der Waals surface area contributed by atoms with Gasteiger partial charge in [-0.2, -0.15) is 0 Å². The molecule has 1 aromatic carbocycles. The molecule has 5 heteroatoms. The van der Waals surface area contributed by atoms with Crippen molar-refractivity contribution < 1.29 is 0 Å². The van der Waals surface area contributed by atoms with Crippen molar-refractivity contribution >= 4 is 11.3 Å². The van der Waals surface area contributed by atoms with E-state index < -0.39 is 0 Å². The topological polar surface area (TPSA) is 61.7 Å². The highest BCUT2D eigenvalue weighted by Gasteiger charge is 1.98. The van der Waals surface area contributed by atoms with Gasteiger partial charge in [-0.15, -0.1) is 11.3 Å². The fourth-order valence-corrected chi connectivity index (χ4v) is 2.02. The fraction of sp³-hybridized carbons (Fsp3) is 0.154. The minimum absolute atomic E-state index is 0.417. The van der Waals surface area contributed by atoms with Crippen molar-refractivity contribution in [2.24, 2.45) is 5.11 Å². The fourth-order valence-electron chi connectivity index (χ4n) is 1.38. The van der Waals surface area contributed by atoms with Crippen LogP contribution in [0.2, 0.25) is 0 Å². The van der Waals surface area contributed by atoms with Gasteiger partial charge in [0.1, 0.15) is 5.01 Å². The molecule has 2 rings (SSSR count). The Morgan fingerprint density at radius 1 is 1.33 bits per heavy atom. The number of hydrogen-bond acceptors (Lipinski definition) is 3. The number of nitrogens with zero attached hydrogens (tertiary/aromatic N) is 4. The first-order valence-electron chi connectivity index (χ1n) is 5.40. The van der Waals surface area contributed by atoms with Gasteiger partial charge in [0.05, 0.1) is 0 Å². The van der Waals surface area contributed by atoms with Gasteiger partial charge in [-0.05, 0) is 17.7 Å². The van der Waals surface area contributed by atoms with Gasteiger partial charge in [0.2, 0.25) is 0 Å². The second kappa shape index (κ2) is 6.45. The largest absolute Gasteiger partial charge is 0.245 e. The lowest BCUT2D eigenvalue weighted by molar-refractivity contribution is 1.01. The summed E-state index contributed by atoms with van der Waals surface area (Å²) in [6, 6.07) is 7.96. The SMILES string of the molecule is [N-]=[N+]=NCCC#Cc1ccc(-c2nccs2)cc1. The zero-order valence-corrected chi connectivity index (χ0v) is 10.4. The molecule has 0 saturated carbocycles. The van der Waals surface area contributed by atoms with E-state index in [1.54, 1.807) is 17.5 Å². The molecule has 88 valence electrons. The third kappa shape index (κ3) is 3.36. The van der Waals surface area contributed by atoms with E-state index >= 15 is 0 Å². The Morgan fingerprint density at radius 3 is 2.83 bits per heavy atom. The molecule has 1 aromatic heterocycles.